The Morgan fingerprint density at radius 2 is 2.16 bits per heavy atom. The second-order valence-corrected chi connectivity index (χ2v) is 7.53. The highest BCUT2D eigenvalue weighted by molar-refractivity contribution is 5.79. The van der Waals surface area contributed by atoms with Gasteiger partial charge in [-0.2, -0.15) is 5.26 Å². The normalized spacial score (nSPS) is 16.2. The van der Waals surface area contributed by atoms with Gasteiger partial charge in [-0.25, -0.2) is 14.4 Å². The molecule has 0 saturated carbocycles. The third-order valence-corrected chi connectivity index (χ3v) is 5.52. The quantitative estimate of drug-likeness (QED) is 0.610. The lowest BCUT2D eigenvalue weighted by molar-refractivity contribution is -0.134. The van der Waals surface area contributed by atoms with Crippen molar-refractivity contribution in [2.45, 2.75) is 18.9 Å². The summed E-state index contributed by atoms with van der Waals surface area (Å²) in [6.45, 7) is 1.14. The van der Waals surface area contributed by atoms with E-state index in [-0.39, 0.29) is 36.3 Å². The van der Waals surface area contributed by atoms with Crippen LogP contribution in [0, 0.1) is 17.1 Å². The van der Waals surface area contributed by atoms with E-state index in [0.29, 0.717) is 36.8 Å². The number of fused-ring (bicyclic) bond motifs is 1. The molecule has 32 heavy (non-hydrogen) atoms. The Balaban J connectivity index is 1.42. The fourth-order valence-electron chi connectivity index (χ4n) is 3.87. The van der Waals surface area contributed by atoms with E-state index in [2.05, 4.69) is 15.0 Å². The smallest absolute Gasteiger partial charge is 0.261 e. The highest BCUT2D eigenvalue weighted by Crippen LogP contribution is 2.19. The zero-order chi connectivity index (χ0) is 22.7. The molecule has 0 radical (unpaired) electrons. The average molecular weight is 436 g/mol. The largest absolute Gasteiger partial charge is 0.394 e. The number of pyridine rings is 1. The molecule has 3 heterocycles. The Kier molecular flexibility index (Phi) is 6.09. The molecule has 0 unspecified atom stereocenters. The molecule has 164 valence electrons. The Morgan fingerprint density at radius 3 is 2.88 bits per heavy atom. The van der Waals surface area contributed by atoms with Crippen LogP contribution < -0.4 is 10.5 Å². The van der Waals surface area contributed by atoms with Crippen LogP contribution >= 0.6 is 0 Å². The van der Waals surface area contributed by atoms with E-state index in [1.807, 2.05) is 11.0 Å². The van der Waals surface area contributed by atoms with Gasteiger partial charge in [0.05, 0.1) is 23.7 Å². The van der Waals surface area contributed by atoms with Gasteiger partial charge in [-0.1, -0.05) is 6.07 Å². The maximum absolute atomic E-state index is 13.8. The first kappa shape index (κ1) is 21.4. The highest BCUT2D eigenvalue weighted by Gasteiger charge is 2.30. The Hall–Kier alpha value is -3.84. The number of benzene rings is 1. The molecule has 1 atom stereocenters. The number of nitriles is 1. The van der Waals surface area contributed by atoms with Gasteiger partial charge in [0.1, 0.15) is 28.9 Å². The van der Waals surface area contributed by atoms with Crippen molar-refractivity contribution >= 4 is 22.6 Å². The number of aliphatic hydroxyl groups excluding tert-OH is 1. The number of hydrogen-bond acceptors (Lipinski definition) is 7. The van der Waals surface area contributed by atoms with Crippen molar-refractivity contribution in [3.05, 3.63) is 64.1 Å². The fraction of sp³-hybridized carbons (Fsp3) is 0.318. The van der Waals surface area contributed by atoms with Crippen LogP contribution in [0.25, 0.3) is 10.9 Å². The molecule has 1 aliphatic heterocycles. The Bertz CT molecular complexity index is 1240. The van der Waals surface area contributed by atoms with Crippen molar-refractivity contribution in [3.8, 4) is 6.07 Å². The van der Waals surface area contributed by atoms with E-state index in [4.69, 9.17) is 5.26 Å². The summed E-state index contributed by atoms with van der Waals surface area (Å²) in [6.07, 6.45) is 1.77. The summed E-state index contributed by atoms with van der Waals surface area (Å²) in [5.74, 6) is 0.180. The molecule has 10 heteroatoms. The molecule has 0 spiro atoms. The average Bonchev–Trinajstić information content (AvgIpc) is 2.82. The van der Waals surface area contributed by atoms with Crippen LogP contribution in [0.5, 0.6) is 0 Å². The lowest BCUT2D eigenvalue weighted by Crippen LogP contribution is -2.57. The number of aromatic nitrogens is 3. The molecule has 1 amide bonds. The molecule has 1 saturated heterocycles. The van der Waals surface area contributed by atoms with Crippen molar-refractivity contribution in [2.75, 3.05) is 31.1 Å². The highest BCUT2D eigenvalue weighted by atomic mass is 19.1. The van der Waals surface area contributed by atoms with Crippen molar-refractivity contribution in [1.82, 2.24) is 19.9 Å². The maximum Gasteiger partial charge on any atom is 0.261 e. The zero-order valence-corrected chi connectivity index (χ0v) is 17.2. The molecule has 0 aliphatic carbocycles. The van der Waals surface area contributed by atoms with Crippen LogP contribution in [0.4, 0.5) is 10.2 Å². The molecule has 0 bridgehead atoms. The Morgan fingerprint density at radius 1 is 1.31 bits per heavy atom. The molecule has 9 nitrogen and oxygen atoms in total. The maximum atomic E-state index is 13.8. The van der Waals surface area contributed by atoms with E-state index < -0.39 is 17.4 Å². The van der Waals surface area contributed by atoms with E-state index in [1.165, 1.54) is 18.3 Å². The second kappa shape index (κ2) is 9.11. The molecular weight excluding hydrogens is 415 g/mol. The number of amides is 1. The number of H-pyrrole nitrogens is 1. The summed E-state index contributed by atoms with van der Waals surface area (Å²) >= 11 is 0. The van der Waals surface area contributed by atoms with Gasteiger partial charge in [0, 0.05) is 38.7 Å². The fourth-order valence-corrected chi connectivity index (χ4v) is 3.87. The van der Waals surface area contributed by atoms with Crippen LogP contribution in [-0.4, -0.2) is 63.1 Å². The molecule has 1 fully saturated rings. The van der Waals surface area contributed by atoms with Crippen LogP contribution in [0.1, 0.15) is 17.8 Å². The predicted molar refractivity (Wildman–Crippen MR) is 114 cm³/mol. The minimum atomic E-state index is -0.640. The van der Waals surface area contributed by atoms with Gasteiger partial charge in [-0.3, -0.25) is 9.59 Å². The van der Waals surface area contributed by atoms with Gasteiger partial charge < -0.3 is 19.9 Å². The third-order valence-electron chi connectivity index (χ3n) is 5.52. The van der Waals surface area contributed by atoms with Crippen molar-refractivity contribution in [3.63, 3.8) is 0 Å². The number of anilines is 1. The number of aliphatic hydroxyl groups is 1. The first-order valence-corrected chi connectivity index (χ1v) is 10.2. The van der Waals surface area contributed by atoms with E-state index >= 15 is 0 Å². The summed E-state index contributed by atoms with van der Waals surface area (Å²) in [5, 5.41) is 18.6. The Labute approximate surface area is 182 Å². The molecule has 1 aliphatic rings. The number of piperazine rings is 1. The number of halogens is 1. The monoisotopic (exact) mass is 436 g/mol. The van der Waals surface area contributed by atoms with Crippen LogP contribution in [0.15, 0.2) is 41.3 Å². The number of nitrogens with one attached hydrogen (secondary N) is 1. The molecule has 2 aromatic heterocycles. The van der Waals surface area contributed by atoms with Gasteiger partial charge in [0.15, 0.2) is 0 Å². The summed E-state index contributed by atoms with van der Waals surface area (Å²) in [4.78, 5) is 39.7. The van der Waals surface area contributed by atoms with E-state index in [9.17, 15) is 19.1 Å². The molecule has 2 N–H and O–H groups in total. The SMILES string of the molecule is N#Cc1ccc(N2CCN(C(=O)CCc3nc4cccc(F)c4c(=O)[nH]3)[C@H](CO)C2)nc1. The minimum Gasteiger partial charge on any atom is -0.394 e. The lowest BCUT2D eigenvalue weighted by atomic mass is 10.1. The predicted octanol–water partition coefficient (Wildman–Crippen LogP) is 0.971. The molecule has 3 aromatic rings. The standard InChI is InChI=1S/C22H21FN6O3/c23-16-2-1-3-17-21(16)22(32)27-18(26-17)5-7-20(31)29-9-8-28(12-15(29)13-30)19-6-4-14(10-24)11-25-19/h1-4,6,11,15,30H,5,7-9,12-13H2,(H,26,27,32)/t15-/m0/s1. The number of hydrogen-bond donors (Lipinski definition) is 2. The number of aryl methyl sites for hydroxylation is 1. The number of carbonyl (C=O) groups is 1. The topological polar surface area (TPSA) is 126 Å². The van der Waals surface area contributed by atoms with Gasteiger partial charge in [0.2, 0.25) is 5.91 Å². The third kappa shape index (κ3) is 4.29. The molecule has 4 rings (SSSR count). The number of nitrogens with zero attached hydrogens (tertiary/aromatic N) is 5. The van der Waals surface area contributed by atoms with Crippen LogP contribution in [-0.2, 0) is 11.2 Å². The minimum absolute atomic E-state index is 0.0926. The molecular formula is C22H21FN6O3. The van der Waals surface area contributed by atoms with Gasteiger partial charge in [-0.05, 0) is 24.3 Å². The van der Waals surface area contributed by atoms with Gasteiger partial charge in [-0.15, -0.1) is 0 Å². The second-order valence-electron chi connectivity index (χ2n) is 7.53. The zero-order valence-electron chi connectivity index (χ0n) is 17.2. The van der Waals surface area contributed by atoms with Crippen molar-refractivity contribution in [1.29, 1.82) is 5.26 Å². The van der Waals surface area contributed by atoms with Crippen LogP contribution in [0.2, 0.25) is 0 Å². The lowest BCUT2D eigenvalue weighted by Gasteiger charge is -2.41. The number of aromatic amines is 1. The number of carbonyl (C=O) groups excluding carboxylic acids is 1. The first-order valence-electron chi connectivity index (χ1n) is 10.2. The van der Waals surface area contributed by atoms with Crippen LogP contribution in [0.3, 0.4) is 0 Å². The summed E-state index contributed by atoms with van der Waals surface area (Å²) in [6, 6.07) is 9.27. The van der Waals surface area contributed by atoms with E-state index in [0.717, 1.165) is 0 Å². The summed E-state index contributed by atoms with van der Waals surface area (Å²) in [5.41, 5.74) is 0.129. The van der Waals surface area contributed by atoms with Crippen molar-refractivity contribution in [2.24, 2.45) is 0 Å². The van der Waals surface area contributed by atoms with Gasteiger partial charge in [0.25, 0.3) is 5.56 Å². The van der Waals surface area contributed by atoms with Gasteiger partial charge >= 0.3 is 0 Å². The summed E-state index contributed by atoms with van der Waals surface area (Å²) in [7, 11) is 0. The number of rotatable bonds is 5. The van der Waals surface area contributed by atoms with E-state index in [1.54, 1.807) is 23.1 Å². The molecule has 1 aromatic carbocycles. The first-order chi connectivity index (χ1) is 15.5. The van der Waals surface area contributed by atoms with Crippen molar-refractivity contribution < 1.29 is 14.3 Å². The summed E-state index contributed by atoms with van der Waals surface area (Å²) < 4.78 is 13.8.